The van der Waals surface area contributed by atoms with E-state index in [1.807, 2.05) is 26.0 Å². The van der Waals surface area contributed by atoms with Gasteiger partial charge in [-0.3, -0.25) is 20.4 Å². The lowest BCUT2D eigenvalue weighted by Crippen LogP contribution is -2.41. The molecule has 0 saturated heterocycles. The second kappa shape index (κ2) is 8.87. The van der Waals surface area contributed by atoms with Crippen LogP contribution in [-0.2, 0) is 0 Å². The maximum absolute atomic E-state index is 12.2. The van der Waals surface area contributed by atoms with Crippen molar-refractivity contribution in [3.63, 3.8) is 0 Å². The second-order valence-electron chi connectivity index (χ2n) is 5.95. The van der Waals surface area contributed by atoms with Gasteiger partial charge in [-0.05, 0) is 56.2 Å². The Kier molecular flexibility index (Phi) is 6.57. The number of hydrogen-bond donors (Lipinski definition) is 2. The van der Waals surface area contributed by atoms with E-state index in [0.717, 1.165) is 29.7 Å². The molecule has 0 saturated carbocycles. The fourth-order valence-corrected chi connectivity index (χ4v) is 2.36. The normalized spacial score (nSPS) is 10.2. The standard InChI is InChI=1S/C20H24N2O3/c1-4-5-12-25-17-9-7-16(8-10-17)19(23)21-22-20(24)18-11-6-14(2)13-15(18)3/h6-11,13H,4-5,12H2,1-3H3,(H,21,23)(H,22,24). The van der Waals surface area contributed by atoms with Crippen LogP contribution >= 0.6 is 0 Å². The van der Waals surface area contributed by atoms with Crippen LogP contribution < -0.4 is 15.6 Å². The summed E-state index contributed by atoms with van der Waals surface area (Å²) in [6.07, 6.45) is 2.06. The molecule has 2 rings (SSSR count). The molecule has 0 spiro atoms. The molecule has 0 heterocycles. The Labute approximate surface area is 148 Å². The van der Waals surface area contributed by atoms with Gasteiger partial charge >= 0.3 is 0 Å². The van der Waals surface area contributed by atoms with Gasteiger partial charge in [0.25, 0.3) is 11.8 Å². The minimum atomic E-state index is -0.377. The molecule has 132 valence electrons. The van der Waals surface area contributed by atoms with Gasteiger partial charge < -0.3 is 4.74 Å². The largest absolute Gasteiger partial charge is 0.494 e. The van der Waals surface area contributed by atoms with Crippen LogP contribution in [0.25, 0.3) is 0 Å². The maximum atomic E-state index is 12.2. The van der Waals surface area contributed by atoms with E-state index in [1.54, 1.807) is 30.3 Å². The third-order valence-corrected chi connectivity index (χ3v) is 3.80. The summed E-state index contributed by atoms with van der Waals surface area (Å²) in [5.74, 6) is 0.00732. The summed E-state index contributed by atoms with van der Waals surface area (Å²) in [5.41, 5.74) is 7.80. The Bertz CT molecular complexity index is 739. The summed E-state index contributed by atoms with van der Waals surface area (Å²) in [4.78, 5) is 24.3. The van der Waals surface area contributed by atoms with Crippen LogP contribution in [0.5, 0.6) is 5.75 Å². The summed E-state index contributed by atoms with van der Waals surface area (Å²) in [7, 11) is 0. The number of carbonyl (C=O) groups is 2. The van der Waals surface area contributed by atoms with Gasteiger partial charge in [-0.2, -0.15) is 0 Å². The average molecular weight is 340 g/mol. The Morgan fingerprint density at radius 1 is 0.960 bits per heavy atom. The second-order valence-corrected chi connectivity index (χ2v) is 5.95. The first-order valence-corrected chi connectivity index (χ1v) is 8.42. The third kappa shape index (κ3) is 5.35. The van der Waals surface area contributed by atoms with E-state index in [2.05, 4.69) is 17.8 Å². The molecule has 2 aromatic carbocycles. The molecule has 5 nitrogen and oxygen atoms in total. The monoisotopic (exact) mass is 340 g/mol. The Morgan fingerprint density at radius 2 is 1.64 bits per heavy atom. The van der Waals surface area contributed by atoms with Gasteiger partial charge in [-0.25, -0.2) is 0 Å². The van der Waals surface area contributed by atoms with Gasteiger partial charge in [0.15, 0.2) is 0 Å². The number of hydrazine groups is 1. The molecule has 25 heavy (non-hydrogen) atoms. The molecular weight excluding hydrogens is 316 g/mol. The quantitative estimate of drug-likeness (QED) is 0.624. The zero-order valence-electron chi connectivity index (χ0n) is 14.9. The summed E-state index contributed by atoms with van der Waals surface area (Å²) in [6.45, 7) is 6.59. The lowest BCUT2D eigenvalue weighted by atomic mass is 10.1. The number of aryl methyl sites for hydroxylation is 2. The molecule has 2 N–H and O–H groups in total. The van der Waals surface area contributed by atoms with Crippen molar-refractivity contribution in [1.29, 1.82) is 0 Å². The fraction of sp³-hybridized carbons (Fsp3) is 0.300. The van der Waals surface area contributed by atoms with Crippen LogP contribution in [0.15, 0.2) is 42.5 Å². The number of nitrogens with one attached hydrogen (secondary N) is 2. The molecule has 0 aliphatic rings. The summed E-state index contributed by atoms with van der Waals surface area (Å²) in [6, 6.07) is 12.4. The van der Waals surface area contributed by atoms with Crippen molar-refractivity contribution < 1.29 is 14.3 Å². The van der Waals surface area contributed by atoms with Gasteiger partial charge in [0, 0.05) is 11.1 Å². The van der Waals surface area contributed by atoms with Crippen LogP contribution in [-0.4, -0.2) is 18.4 Å². The SMILES string of the molecule is CCCCOc1ccc(C(=O)NNC(=O)c2ccc(C)cc2C)cc1. The van der Waals surface area contributed by atoms with Crippen molar-refractivity contribution in [3.05, 3.63) is 64.7 Å². The van der Waals surface area contributed by atoms with Crippen LogP contribution in [0.1, 0.15) is 51.6 Å². The summed E-state index contributed by atoms with van der Waals surface area (Å²) < 4.78 is 5.56. The van der Waals surface area contributed by atoms with Crippen LogP contribution in [0, 0.1) is 13.8 Å². The van der Waals surface area contributed by atoms with Crippen LogP contribution in [0.3, 0.4) is 0 Å². The Morgan fingerprint density at radius 3 is 2.28 bits per heavy atom. The van der Waals surface area contributed by atoms with E-state index in [4.69, 9.17) is 4.74 Å². The van der Waals surface area contributed by atoms with Crippen molar-refractivity contribution in [3.8, 4) is 5.75 Å². The van der Waals surface area contributed by atoms with Crippen LogP contribution in [0.4, 0.5) is 0 Å². The predicted octanol–water partition coefficient (Wildman–Crippen LogP) is 3.56. The highest BCUT2D eigenvalue weighted by molar-refractivity contribution is 5.99. The summed E-state index contributed by atoms with van der Waals surface area (Å²) >= 11 is 0. The van der Waals surface area contributed by atoms with Gasteiger partial charge in [-0.15, -0.1) is 0 Å². The van der Waals surface area contributed by atoms with E-state index in [0.29, 0.717) is 17.7 Å². The van der Waals surface area contributed by atoms with Crippen molar-refractivity contribution in [2.24, 2.45) is 0 Å². The van der Waals surface area contributed by atoms with E-state index >= 15 is 0 Å². The molecule has 0 aliphatic heterocycles. The minimum absolute atomic E-state index is 0.342. The first kappa shape index (κ1) is 18.5. The lowest BCUT2D eigenvalue weighted by molar-refractivity contribution is 0.0846. The fourth-order valence-electron chi connectivity index (χ4n) is 2.36. The Balaban J connectivity index is 1.90. The van der Waals surface area contributed by atoms with Gasteiger partial charge in [0.2, 0.25) is 0 Å². The molecule has 0 bridgehead atoms. The van der Waals surface area contributed by atoms with Crippen molar-refractivity contribution >= 4 is 11.8 Å². The topological polar surface area (TPSA) is 67.4 Å². The molecule has 0 radical (unpaired) electrons. The number of hydrogen-bond acceptors (Lipinski definition) is 3. The van der Waals surface area contributed by atoms with Gasteiger partial charge in [0.05, 0.1) is 6.61 Å². The first-order valence-electron chi connectivity index (χ1n) is 8.42. The van der Waals surface area contributed by atoms with E-state index in [1.165, 1.54) is 0 Å². The molecular formula is C20H24N2O3. The maximum Gasteiger partial charge on any atom is 0.269 e. The number of ether oxygens (including phenoxy) is 1. The Hall–Kier alpha value is -2.82. The molecule has 2 amide bonds. The lowest BCUT2D eigenvalue weighted by Gasteiger charge is -2.10. The smallest absolute Gasteiger partial charge is 0.269 e. The van der Waals surface area contributed by atoms with Crippen LogP contribution in [0.2, 0.25) is 0 Å². The van der Waals surface area contributed by atoms with E-state index in [9.17, 15) is 9.59 Å². The zero-order chi connectivity index (χ0) is 18.2. The number of benzene rings is 2. The minimum Gasteiger partial charge on any atom is -0.494 e. The van der Waals surface area contributed by atoms with Gasteiger partial charge in [0.1, 0.15) is 5.75 Å². The third-order valence-electron chi connectivity index (χ3n) is 3.80. The average Bonchev–Trinajstić information content (AvgIpc) is 2.60. The number of unbranched alkanes of at least 4 members (excludes halogenated alkanes) is 1. The van der Waals surface area contributed by atoms with Crippen molar-refractivity contribution in [1.82, 2.24) is 10.9 Å². The molecule has 2 aromatic rings. The highest BCUT2D eigenvalue weighted by Crippen LogP contribution is 2.13. The van der Waals surface area contributed by atoms with E-state index in [-0.39, 0.29) is 11.8 Å². The molecule has 0 fully saturated rings. The molecule has 0 aliphatic carbocycles. The van der Waals surface area contributed by atoms with Crippen molar-refractivity contribution in [2.75, 3.05) is 6.61 Å². The molecule has 0 unspecified atom stereocenters. The number of carbonyl (C=O) groups excluding carboxylic acids is 2. The molecule has 0 aromatic heterocycles. The number of amides is 2. The summed E-state index contributed by atoms with van der Waals surface area (Å²) in [5, 5.41) is 0. The molecule has 5 heteroatoms. The first-order chi connectivity index (χ1) is 12.0. The van der Waals surface area contributed by atoms with E-state index < -0.39 is 0 Å². The number of rotatable bonds is 6. The van der Waals surface area contributed by atoms with Gasteiger partial charge in [-0.1, -0.05) is 31.0 Å². The highest BCUT2D eigenvalue weighted by Gasteiger charge is 2.11. The highest BCUT2D eigenvalue weighted by atomic mass is 16.5. The predicted molar refractivity (Wildman–Crippen MR) is 97.7 cm³/mol. The molecule has 0 atom stereocenters. The zero-order valence-corrected chi connectivity index (χ0v) is 14.9. The van der Waals surface area contributed by atoms with Crippen molar-refractivity contribution in [2.45, 2.75) is 33.6 Å².